The Morgan fingerprint density at radius 3 is 2.62 bits per heavy atom. The van der Waals surface area contributed by atoms with Gasteiger partial charge in [0.05, 0.1) is 19.8 Å². The molecule has 0 amide bonds. The first-order chi connectivity index (χ1) is 12.5. The minimum Gasteiger partial charge on any atom is -0.497 e. The van der Waals surface area contributed by atoms with Gasteiger partial charge in [0.1, 0.15) is 17.3 Å². The van der Waals surface area contributed by atoms with Gasteiger partial charge in [-0.05, 0) is 48.6 Å². The molecule has 1 aromatic heterocycles. The minimum atomic E-state index is -0.498. The van der Waals surface area contributed by atoms with E-state index in [2.05, 4.69) is 4.98 Å². The lowest BCUT2D eigenvalue weighted by Gasteiger charge is -2.05. The van der Waals surface area contributed by atoms with E-state index in [1.165, 1.54) is 31.4 Å². The van der Waals surface area contributed by atoms with Gasteiger partial charge in [0.2, 0.25) is 0 Å². The van der Waals surface area contributed by atoms with Crippen LogP contribution in [0.1, 0.15) is 15.9 Å². The molecule has 1 N–H and O–H groups in total. The minimum absolute atomic E-state index is 0.136. The molecule has 26 heavy (non-hydrogen) atoms. The van der Waals surface area contributed by atoms with Crippen LogP contribution in [0.4, 0.5) is 4.39 Å². The molecule has 3 aromatic rings. The van der Waals surface area contributed by atoms with Crippen LogP contribution in [-0.2, 0) is 0 Å². The molecule has 0 atom stereocenters. The van der Waals surface area contributed by atoms with Crippen molar-refractivity contribution in [1.29, 1.82) is 0 Å². The van der Waals surface area contributed by atoms with Gasteiger partial charge in [0.25, 0.3) is 5.56 Å². The summed E-state index contributed by atoms with van der Waals surface area (Å²) in [4.78, 5) is 27.3. The number of aromatic amines is 1. The van der Waals surface area contributed by atoms with Gasteiger partial charge in [-0.25, -0.2) is 4.39 Å². The average Bonchev–Trinajstić information content (AvgIpc) is 2.65. The molecule has 0 spiro atoms. The first kappa shape index (κ1) is 17.4. The van der Waals surface area contributed by atoms with E-state index in [9.17, 15) is 14.0 Å². The van der Waals surface area contributed by atoms with E-state index in [0.29, 0.717) is 16.8 Å². The lowest BCUT2D eigenvalue weighted by Crippen LogP contribution is -2.09. The van der Waals surface area contributed by atoms with Crippen molar-refractivity contribution in [2.75, 3.05) is 14.2 Å². The van der Waals surface area contributed by atoms with Crippen LogP contribution in [-0.4, -0.2) is 25.0 Å². The predicted molar refractivity (Wildman–Crippen MR) is 97.4 cm³/mol. The van der Waals surface area contributed by atoms with Gasteiger partial charge in [0.15, 0.2) is 5.78 Å². The van der Waals surface area contributed by atoms with Gasteiger partial charge in [-0.1, -0.05) is 0 Å². The number of halogens is 1. The zero-order valence-electron chi connectivity index (χ0n) is 14.2. The summed E-state index contributed by atoms with van der Waals surface area (Å²) in [5.41, 5.74) is 0.876. The highest BCUT2D eigenvalue weighted by Gasteiger charge is 2.11. The van der Waals surface area contributed by atoms with Crippen LogP contribution in [0.5, 0.6) is 11.5 Å². The second kappa shape index (κ2) is 7.23. The van der Waals surface area contributed by atoms with Crippen molar-refractivity contribution in [2.45, 2.75) is 0 Å². The molecule has 0 saturated carbocycles. The number of H-pyrrole nitrogens is 1. The monoisotopic (exact) mass is 353 g/mol. The maximum atomic E-state index is 13.2. The fraction of sp³-hybridized carbons (Fsp3) is 0.100. The second-order valence-electron chi connectivity index (χ2n) is 5.55. The number of benzene rings is 2. The zero-order chi connectivity index (χ0) is 18.7. The summed E-state index contributed by atoms with van der Waals surface area (Å²) in [6, 6.07) is 10.6. The number of rotatable bonds is 5. The molecule has 0 radical (unpaired) electrons. The quantitative estimate of drug-likeness (QED) is 0.562. The number of ether oxygens (including phenoxy) is 2. The standard InChI is InChI=1S/C20H16FNO4/c1-25-15-5-7-17-13(10-15)9-12(20(24)22-17)3-8-18(23)16-6-4-14(21)11-19(16)26-2/h3-11H,1-2H3,(H,22,24)/b8-3+. The normalized spacial score (nSPS) is 11.0. The van der Waals surface area contributed by atoms with Crippen molar-refractivity contribution in [1.82, 2.24) is 4.98 Å². The van der Waals surface area contributed by atoms with E-state index in [1.54, 1.807) is 31.4 Å². The topological polar surface area (TPSA) is 68.4 Å². The summed E-state index contributed by atoms with van der Waals surface area (Å²) >= 11 is 0. The van der Waals surface area contributed by atoms with Crippen molar-refractivity contribution in [3.8, 4) is 11.5 Å². The fourth-order valence-electron chi connectivity index (χ4n) is 2.58. The van der Waals surface area contributed by atoms with Crippen molar-refractivity contribution < 1.29 is 18.7 Å². The molecule has 5 nitrogen and oxygen atoms in total. The average molecular weight is 353 g/mol. The number of hydrogen-bond donors (Lipinski definition) is 1. The lowest BCUT2D eigenvalue weighted by atomic mass is 10.1. The number of nitrogens with one attached hydrogen (secondary N) is 1. The molecule has 3 rings (SSSR count). The van der Waals surface area contributed by atoms with Crippen LogP contribution in [0.3, 0.4) is 0 Å². The number of ketones is 1. The van der Waals surface area contributed by atoms with Crippen molar-refractivity contribution in [2.24, 2.45) is 0 Å². The summed E-state index contributed by atoms with van der Waals surface area (Å²) in [7, 11) is 2.92. The summed E-state index contributed by atoms with van der Waals surface area (Å²) in [5.74, 6) is -0.0994. The molecule has 0 aliphatic carbocycles. The second-order valence-corrected chi connectivity index (χ2v) is 5.55. The van der Waals surface area contributed by atoms with Crippen LogP contribution >= 0.6 is 0 Å². The Hall–Kier alpha value is -3.41. The van der Waals surface area contributed by atoms with Gasteiger partial charge in [0, 0.05) is 22.5 Å². The molecule has 0 saturated heterocycles. The SMILES string of the molecule is COc1ccc2[nH]c(=O)c(/C=C/C(=O)c3ccc(F)cc3OC)cc2c1. The van der Waals surface area contributed by atoms with Crippen LogP contribution in [0.2, 0.25) is 0 Å². The molecule has 132 valence electrons. The molecule has 2 aromatic carbocycles. The van der Waals surface area contributed by atoms with E-state index >= 15 is 0 Å². The number of methoxy groups -OCH3 is 2. The number of aromatic nitrogens is 1. The molecule has 6 heteroatoms. The van der Waals surface area contributed by atoms with Crippen LogP contribution in [0.25, 0.3) is 17.0 Å². The summed E-state index contributed by atoms with van der Waals surface area (Å²) in [6.45, 7) is 0. The van der Waals surface area contributed by atoms with Crippen LogP contribution in [0, 0.1) is 5.82 Å². The third-order valence-electron chi connectivity index (χ3n) is 3.92. The third-order valence-corrected chi connectivity index (χ3v) is 3.92. The van der Waals surface area contributed by atoms with Crippen molar-refractivity contribution >= 4 is 22.8 Å². The number of pyridine rings is 1. The zero-order valence-corrected chi connectivity index (χ0v) is 14.2. The van der Waals surface area contributed by atoms with E-state index in [-0.39, 0.29) is 16.9 Å². The smallest absolute Gasteiger partial charge is 0.255 e. The summed E-state index contributed by atoms with van der Waals surface area (Å²) < 4.78 is 23.5. The van der Waals surface area contributed by atoms with Crippen molar-refractivity contribution in [3.05, 3.63) is 75.8 Å². The molecule has 0 fully saturated rings. The van der Waals surface area contributed by atoms with E-state index in [0.717, 1.165) is 11.5 Å². The summed E-state index contributed by atoms with van der Waals surface area (Å²) in [6.07, 6.45) is 2.68. The molecular weight excluding hydrogens is 337 g/mol. The highest BCUT2D eigenvalue weighted by atomic mass is 19.1. The Morgan fingerprint density at radius 1 is 1.08 bits per heavy atom. The molecule has 0 unspecified atom stereocenters. The highest BCUT2D eigenvalue weighted by Crippen LogP contribution is 2.21. The Bertz CT molecular complexity index is 1070. The predicted octanol–water partition coefficient (Wildman–Crippen LogP) is 3.58. The van der Waals surface area contributed by atoms with E-state index in [1.807, 2.05) is 0 Å². The fourth-order valence-corrected chi connectivity index (χ4v) is 2.58. The number of carbonyl (C=O) groups is 1. The summed E-state index contributed by atoms with van der Waals surface area (Å²) in [5, 5.41) is 0.774. The molecule has 0 aliphatic heterocycles. The molecular formula is C20H16FNO4. The van der Waals surface area contributed by atoms with Crippen LogP contribution < -0.4 is 15.0 Å². The number of hydrogen-bond acceptors (Lipinski definition) is 4. The maximum Gasteiger partial charge on any atom is 0.255 e. The van der Waals surface area contributed by atoms with E-state index in [4.69, 9.17) is 9.47 Å². The number of fused-ring (bicyclic) bond motifs is 1. The number of allylic oxidation sites excluding steroid dienone is 1. The maximum absolute atomic E-state index is 13.2. The highest BCUT2D eigenvalue weighted by molar-refractivity contribution is 6.08. The van der Waals surface area contributed by atoms with Crippen LogP contribution in [0.15, 0.2) is 53.3 Å². The van der Waals surface area contributed by atoms with Gasteiger partial charge >= 0.3 is 0 Å². The Morgan fingerprint density at radius 2 is 1.88 bits per heavy atom. The first-order valence-electron chi connectivity index (χ1n) is 7.79. The molecule has 0 aliphatic rings. The van der Waals surface area contributed by atoms with Crippen molar-refractivity contribution in [3.63, 3.8) is 0 Å². The Kier molecular flexibility index (Phi) is 4.84. The van der Waals surface area contributed by atoms with Gasteiger partial charge in [-0.15, -0.1) is 0 Å². The Labute approximate surface area is 148 Å². The van der Waals surface area contributed by atoms with Gasteiger partial charge in [-0.3, -0.25) is 9.59 Å². The Balaban J connectivity index is 1.96. The number of carbonyl (C=O) groups excluding carboxylic acids is 1. The first-order valence-corrected chi connectivity index (χ1v) is 7.79. The molecule has 0 bridgehead atoms. The third kappa shape index (κ3) is 3.49. The lowest BCUT2D eigenvalue weighted by molar-refractivity contribution is 0.104. The van der Waals surface area contributed by atoms with Gasteiger partial charge < -0.3 is 14.5 Å². The molecule has 1 heterocycles. The largest absolute Gasteiger partial charge is 0.497 e. The van der Waals surface area contributed by atoms with Gasteiger partial charge in [-0.2, -0.15) is 0 Å². The van der Waals surface area contributed by atoms with E-state index < -0.39 is 11.6 Å².